The number of rotatable bonds is 6. The van der Waals surface area contributed by atoms with Gasteiger partial charge in [0.25, 0.3) is 0 Å². The molecule has 0 saturated carbocycles. The zero-order valence-corrected chi connectivity index (χ0v) is 15.6. The van der Waals surface area contributed by atoms with E-state index < -0.39 is 6.36 Å². The van der Waals surface area contributed by atoms with E-state index >= 15 is 0 Å². The number of nitrogens with one attached hydrogen (secondary N) is 1. The van der Waals surface area contributed by atoms with E-state index in [0.29, 0.717) is 13.0 Å². The Morgan fingerprint density at radius 1 is 1.00 bits per heavy atom. The van der Waals surface area contributed by atoms with Crippen LogP contribution in [0.4, 0.5) is 13.2 Å². The van der Waals surface area contributed by atoms with Crippen LogP contribution in [-0.4, -0.2) is 22.9 Å². The minimum Gasteiger partial charge on any atom is -0.406 e. The first kappa shape index (κ1) is 19.3. The maximum atomic E-state index is 12.7. The lowest BCUT2D eigenvalue weighted by molar-refractivity contribution is -0.274. The number of halogens is 3. The van der Waals surface area contributed by atoms with Crippen molar-refractivity contribution >= 4 is 21.8 Å². The summed E-state index contributed by atoms with van der Waals surface area (Å²) in [6.07, 6.45) is -0.626. The minimum atomic E-state index is -4.73. The third kappa shape index (κ3) is 4.05. The molecule has 2 heterocycles. The van der Waals surface area contributed by atoms with Gasteiger partial charge in [0.1, 0.15) is 5.75 Å². The number of benzene rings is 2. The van der Waals surface area contributed by atoms with Gasteiger partial charge in [-0.2, -0.15) is 0 Å². The number of fused-ring (bicyclic) bond motifs is 2. The summed E-state index contributed by atoms with van der Waals surface area (Å²) in [4.78, 5) is 7.80. The first-order chi connectivity index (χ1) is 14.0. The number of unbranched alkanes of at least 4 members (excludes halogenated alkanes) is 1. The fourth-order valence-corrected chi connectivity index (χ4v) is 3.68. The number of nitrogens with two attached hydrogens (primary N) is 1. The van der Waals surface area contributed by atoms with Crippen molar-refractivity contribution in [1.82, 2.24) is 9.97 Å². The Morgan fingerprint density at radius 3 is 2.66 bits per heavy atom. The summed E-state index contributed by atoms with van der Waals surface area (Å²) in [6.45, 7) is 0.568. The van der Waals surface area contributed by atoms with Gasteiger partial charge in [0, 0.05) is 28.0 Å². The topological polar surface area (TPSA) is 63.9 Å². The summed E-state index contributed by atoms with van der Waals surface area (Å²) in [7, 11) is 0. The number of H-pyrrole nitrogens is 1. The molecule has 0 spiro atoms. The summed E-state index contributed by atoms with van der Waals surface area (Å²) in [5.41, 5.74) is 10.1. The second-order valence-electron chi connectivity index (χ2n) is 6.86. The third-order valence-electron chi connectivity index (χ3n) is 4.91. The highest BCUT2D eigenvalue weighted by Crippen LogP contribution is 2.37. The maximum Gasteiger partial charge on any atom is 0.573 e. The van der Waals surface area contributed by atoms with Gasteiger partial charge >= 0.3 is 6.36 Å². The second-order valence-corrected chi connectivity index (χ2v) is 6.86. The summed E-state index contributed by atoms with van der Waals surface area (Å²) >= 11 is 0. The fraction of sp³-hybridized carbons (Fsp3) is 0.227. The molecule has 0 fully saturated rings. The van der Waals surface area contributed by atoms with E-state index in [1.165, 1.54) is 12.1 Å². The summed E-state index contributed by atoms with van der Waals surface area (Å²) < 4.78 is 42.2. The van der Waals surface area contributed by atoms with E-state index in [1.807, 2.05) is 30.3 Å². The molecule has 0 saturated heterocycles. The third-order valence-corrected chi connectivity index (χ3v) is 4.91. The van der Waals surface area contributed by atoms with Crippen molar-refractivity contribution in [3.8, 4) is 17.0 Å². The zero-order chi connectivity index (χ0) is 20.4. The van der Waals surface area contributed by atoms with E-state index in [9.17, 15) is 13.2 Å². The molecule has 4 aromatic rings. The zero-order valence-electron chi connectivity index (χ0n) is 15.6. The lowest BCUT2D eigenvalue weighted by atomic mass is 9.97. The number of pyridine rings is 1. The number of alkyl halides is 3. The molecular weight excluding hydrogens is 379 g/mol. The average molecular weight is 399 g/mol. The maximum absolute atomic E-state index is 12.7. The SMILES string of the molecule is NCCCCc1c(-c2cccc3ncccc23)[nH]c2ccc(OC(F)(F)F)cc12. The van der Waals surface area contributed by atoms with Crippen LogP contribution in [0.25, 0.3) is 33.1 Å². The Morgan fingerprint density at radius 2 is 1.86 bits per heavy atom. The lowest BCUT2D eigenvalue weighted by Gasteiger charge is -2.10. The van der Waals surface area contributed by atoms with Crippen LogP contribution in [-0.2, 0) is 6.42 Å². The van der Waals surface area contributed by atoms with Gasteiger partial charge in [-0.15, -0.1) is 13.2 Å². The van der Waals surface area contributed by atoms with Gasteiger partial charge in [0.2, 0.25) is 0 Å². The number of nitrogens with zero attached hydrogens (tertiary/aromatic N) is 1. The van der Waals surface area contributed by atoms with Crippen molar-refractivity contribution in [2.24, 2.45) is 5.73 Å². The Hall–Kier alpha value is -3.06. The van der Waals surface area contributed by atoms with Crippen LogP contribution < -0.4 is 10.5 Å². The predicted molar refractivity (Wildman–Crippen MR) is 108 cm³/mol. The molecule has 0 amide bonds. The summed E-state index contributed by atoms with van der Waals surface area (Å²) in [5.74, 6) is -0.227. The summed E-state index contributed by atoms with van der Waals surface area (Å²) in [5, 5.41) is 1.70. The Balaban J connectivity index is 1.89. The van der Waals surface area contributed by atoms with Crippen molar-refractivity contribution in [3.63, 3.8) is 0 Å². The number of aryl methyl sites for hydroxylation is 1. The van der Waals surface area contributed by atoms with Gasteiger partial charge in [-0.05, 0) is 61.7 Å². The quantitative estimate of drug-likeness (QED) is 0.417. The van der Waals surface area contributed by atoms with Gasteiger partial charge in [-0.3, -0.25) is 4.98 Å². The first-order valence-electron chi connectivity index (χ1n) is 9.41. The van der Waals surface area contributed by atoms with E-state index in [2.05, 4.69) is 14.7 Å². The monoisotopic (exact) mass is 399 g/mol. The van der Waals surface area contributed by atoms with E-state index in [1.54, 1.807) is 12.3 Å². The second kappa shape index (κ2) is 7.75. The van der Waals surface area contributed by atoms with Gasteiger partial charge in [0.05, 0.1) is 11.2 Å². The smallest absolute Gasteiger partial charge is 0.406 e. The Kier molecular flexibility index (Phi) is 5.15. The van der Waals surface area contributed by atoms with Gasteiger partial charge < -0.3 is 15.5 Å². The van der Waals surface area contributed by atoms with E-state index in [-0.39, 0.29) is 5.75 Å². The van der Waals surface area contributed by atoms with Crippen LogP contribution in [0.3, 0.4) is 0 Å². The van der Waals surface area contributed by atoms with Crippen LogP contribution in [0.2, 0.25) is 0 Å². The lowest BCUT2D eigenvalue weighted by Crippen LogP contribution is -2.16. The number of ether oxygens (including phenoxy) is 1. The van der Waals surface area contributed by atoms with Gasteiger partial charge in [-0.1, -0.05) is 18.2 Å². The van der Waals surface area contributed by atoms with Crippen molar-refractivity contribution < 1.29 is 17.9 Å². The molecule has 150 valence electrons. The van der Waals surface area contributed by atoms with Crippen LogP contribution in [0, 0.1) is 0 Å². The molecule has 2 aromatic carbocycles. The van der Waals surface area contributed by atoms with Crippen molar-refractivity contribution in [2.45, 2.75) is 25.6 Å². The molecule has 0 unspecified atom stereocenters. The number of hydrogen-bond donors (Lipinski definition) is 2. The molecule has 4 rings (SSSR count). The molecule has 7 heteroatoms. The standard InChI is InChI=1S/C22H20F3N3O/c23-22(24,25)29-14-9-10-20-18(13-14)17(5-1-2-11-26)21(28-20)16-6-3-8-19-15(16)7-4-12-27-19/h3-4,6-10,12-13,28H,1-2,5,11,26H2. The molecule has 0 radical (unpaired) electrons. The molecule has 3 N–H and O–H groups in total. The average Bonchev–Trinajstić information content (AvgIpc) is 3.04. The first-order valence-corrected chi connectivity index (χ1v) is 9.41. The van der Waals surface area contributed by atoms with Gasteiger partial charge in [0.15, 0.2) is 0 Å². The largest absolute Gasteiger partial charge is 0.573 e. The van der Waals surface area contributed by atoms with Crippen LogP contribution in [0.1, 0.15) is 18.4 Å². The molecule has 29 heavy (non-hydrogen) atoms. The normalized spacial score (nSPS) is 12.0. The van der Waals surface area contributed by atoms with Crippen LogP contribution in [0.15, 0.2) is 54.7 Å². The highest BCUT2D eigenvalue weighted by Gasteiger charge is 2.31. The Bertz CT molecular complexity index is 1150. The molecule has 2 aromatic heterocycles. The number of hydrogen-bond acceptors (Lipinski definition) is 3. The molecule has 0 aliphatic heterocycles. The van der Waals surface area contributed by atoms with Crippen molar-refractivity contribution in [2.75, 3.05) is 6.54 Å². The predicted octanol–water partition coefficient (Wildman–Crippen LogP) is 5.56. The summed E-state index contributed by atoms with van der Waals surface area (Å²) in [6, 6.07) is 14.1. The molecule has 0 bridgehead atoms. The van der Waals surface area contributed by atoms with E-state index in [0.717, 1.165) is 51.5 Å². The van der Waals surface area contributed by atoms with Crippen LogP contribution >= 0.6 is 0 Å². The minimum absolute atomic E-state index is 0.227. The van der Waals surface area contributed by atoms with E-state index in [4.69, 9.17) is 5.73 Å². The van der Waals surface area contributed by atoms with Crippen molar-refractivity contribution in [3.05, 3.63) is 60.3 Å². The molecule has 0 aliphatic carbocycles. The highest BCUT2D eigenvalue weighted by molar-refractivity contribution is 5.99. The van der Waals surface area contributed by atoms with Crippen LogP contribution in [0.5, 0.6) is 5.75 Å². The number of aromatic amines is 1. The van der Waals surface area contributed by atoms with Crippen molar-refractivity contribution in [1.29, 1.82) is 0 Å². The fourth-order valence-electron chi connectivity index (χ4n) is 3.68. The molecule has 4 nitrogen and oxygen atoms in total. The molecule has 0 atom stereocenters. The Labute approximate surface area is 165 Å². The highest BCUT2D eigenvalue weighted by atomic mass is 19.4. The number of aromatic nitrogens is 2. The molecule has 0 aliphatic rings. The molecular formula is C22H20F3N3O. The van der Waals surface area contributed by atoms with Gasteiger partial charge in [-0.25, -0.2) is 0 Å².